The molecule has 0 aliphatic heterocycles. The van der Waals surface area contributed by atoms with Gasteiger partial charge in [-0.1, -0.05) is 44.2 Å². The predicted molar refractivity (Wildman–Crippen MR) is 214 cm³/mol. The second-order valence-corrected chi connectivity index (χ2v) is 14.0. The number of amides is 9. The van der Waals surface area contributed by atoms with E-state index in [2.05, 4.69) is 36.9 Å². The van der Waals surface area contributed by atoms with Gasteiger partial charge in [0.05, 0.1) is 19.0 Å². The van der Waals surface area contributed by atoms with Crippen LogP contribution < -0.4 is 66.3 Å². The lowest BCUT2D eigenvalue weighted by molar-refractivity contribution is -0.142. The van der Waals surface area contributed by atoms with Gasteiger partial charge in [0, 0.05) is 25.8 Å². The van der Waals surface area contributed by atoms with Crippen molar-refractivity contribution in [2.75, 3.05) is 13.1 Å². The van der Waals surface area contributed by atoms with Crippen molar-refractivity contribution < 1.29 is 53.1 Å². The fourth-order valence-electron chi connectivity index (χ4n) is 5.26. The molecule has 1 aromatic carbocycles. The van der Waals surface area contributed by atoms with Gasteiger partial charge in [0.25, 0.3) is 0 Å². The highest BCUT2D eigenvalue weighted by Gasteiger charge is 2.33. The van der Waals surface area contributed by atoms with E-state index in [1.54, 1.807) is 44.2 Å². The number of nitrogens with two attached hydrogens (primary N) is 6. The van der Waals surface area contributed by atoms with E-state index in [1.165, 1.54) is 0 Å². The van der Waals surface area contributed by atoms with E-state index >= 15 is 0 Å². The van der Waals surface area contributed by atoms with E-state index < -0.39 is 121 Å². The van der Waals surface area contributed by atoms with E-state index in [4.69, 9.17) is 34.4 Å². The summed E-state index contributed by atoms with van der Waals surface area (Å²) in [5.74, 6) is -10.4. The van der Waals surface area contributed by atoms with Gasteiger partial charge in [-0.3, -0.25) is 48.1 Å². The molecule has 1 rings (SSSR count). The van der Waals surface area contributed by atoms with Crippen LogP contribution in [0.2, 0.25) is 0 Å². The van der Waals surface area contributed by atoms with Crippen LogP contribution in [0.3, 0.4) is 0 Å². The molecule has 0 aromatic heterocycles. The fourth-order valence-corrected chi connectivity index (χ4v) is 5.26. The number of carboxylic acid groups (broad SMARTS) is 1. The molecule has 0 radical (unpaired) electrons. The first kappa shape index (κ1) is 51.2. The minimum atomic E-state index is -1.74. The summed E-state index contributed by atoms with van der Waals surface area (Å²) < 4.78 is 0. The van der Waals surface area contributed by atoms with Crippen LogP contribution in [-0.4, -0.2) is 120 Å². The molecule has 19 N–H and O–H groups in total. The van der Waals surface area contributed by atoms with Crippen molar-refractivity contribution in [1.82, 2.24) is 31.9 Å². The van der Waals surface area contributed by atoms with Gasteiger partial charge in [0.1, 0.15) is 30.2 Å². The maximum absolute atomic E-state index is 13.9. The van der Waals surface area contributed by atoms with E-state index in [0.29, 0.717) is 5.56 Å². The zero-order chi connectivity index (χ0) is 45.5. The van der Waals surface area contributed by atoms with Gasteiger partial charge in [-0.25, -0.2) is 4.79 Å². The van der Waals surface area contributed by atoms with Gasteiger partial charge in [-0.05, 0) is 37.2 Å². The second-order valence-electron chi connectivity index (χ2n) is 14.0. The number of nitrogens with zero attached hydrogens (tertiary/aromatic N) is 1. The lowest BCUT2D eigenvalue weighted by Crippen LogP contribution is -2.60. The summed E-state index contributed by atoms with van der Waals surface area (Å²) in [5.41, 5.74) is 32.9. The van der Waals surface area contributed by atoms with Crippen molar-refractivity contribution in [1.29, 1.82) is 0 Å². The summed E-state index contributed by atoms with van der Waals surface area (Å²) in [6.45, 7) is 2.64. The Morgan fingerprint density at radius 2 is 1.12 bits per heavy atom. The Labute approximate surface area is 345 Å². The SMILES string of the molecule is CC(C)C(N)C(=O)NC(CCC(N)=O)C(=O)NC(Cc1ccccc1)C(=O)NC(CCC(N)=O)C(=O)NC(CC(N)=O)C(=O)NCC(=O)NC(CCCN=C(N)N)C(=O)O. The normalized spacial score (nSPS) is 13.7. The smallest absolute Gasteiger partial charge is 0.326 e. The number of rotatable bonds is 28. The van der Waals surface area contributed by atoms with Gasteiger partial charge in [-0.2, -0.15) is 0 Å². The number of aliphatic carboxylic acids is 1. The van der Waals surface area contributed by atoms with Crippen LogP contribution in [0, 0.1) is 5.92 Å². The van der Waals surface area contributed by atoms with Gasteiger partial charge in [-0.15, -0.1) is 0 Å². The molecule has 6 atom stereocenters. The molecular weight excluding hydrogens is 790 g/mol. The number of benzene rings is 1. The first-order valence-electron chi connectivity index (χ1n) is 18.8. The summed E-state index contributed by atoms with van der Waals surface area (Å²) in [4.78, 5) is 130. The largest absolute Gasteiger partial charge is 0.480 e. The number of nitrogens with one attached hydrogen (secondary N) is 6. The van der Waals surface area contributed by atoms with Gasteiger partial charge in [0.15, 0.2) is 5.96 Å². The summed E-state index contributed by atoms with van der Waals surface area (Å²) in [7, 11) is 0. The molecule has 0 saturated heterocycles. The number of carbonyl (C=O) groups is 10. The Hall–Kier alpha value is -6.85. The van der Waals surface area contributed by atoms with Crippen LogP contribution in [0.1, 0.15) is 64.4 Å². The van der Waals surface area contributed by atoms with Crippen molar-refractivity contribution >= 4 is 65.1 Å². The van der Waals surface area contributed by atoms with E-state index in [9.17, 15) is 53.1 Å². The molecule has 0 spiro atoms. The van der Waals surface area contributed by atoms with Crippen LogP contribution in [0.15, 0.2) is 35.3 Å². The van der Waals surface area contributed by atoms with Crippen molar-refractivity contribution in [3.63, 3.8) is 0 Å². The molecule has 0 heterocycles. The number of aliphatic imine (C=N–C) groups is 1. The van der Waals surface area contributed by atoms with Crippen molar-refractivity contribution in [2.24, 2.45) is 45.3 Å². The van der Waals surface area contributed by atoms with Crippen LogP contribution in [-0.2, 0) is 54.4 Å². The van der Waals surface area contributed by atoms with Gasteiger partial charge >= 0.3 is 5.97 Å². The number of hydrogen-bond acceptors (Lipinski definition) is 12. The molecule has 332 valence electrons. The molecule has 0 saturated carbocycles. The van der Waals surface area contributed by atoms with E-state index in [-0.39, 0.29) is 50.5 Å². The van der Waals surface area contributed by atoms with Crippen molar-refractivity contribution in [3.05, 3.63) is 35.9 Å². The third-order valence-electron chi connectivity index (χ3n) is 8.60. The molecule has 1 aromatic rings. The van der Waals surface area contributed by atoms with Crippen LogP contribution in [0.25, 0.3) is 0 Å². The molecule has 24 nitrogen and oxygen atoms in total. The standard InChI is InChI=1S/C36H57N13O11/c1-18(2)29(40)34(58)47-21(11-13-26(38)51)32(56)48-23(15-19-7-4-3-5-8-19)33(57)46-20(10-12-25(37)50)31(55)49-24(16-27(39)52)30(54)44-17-28(53)45-22(35(59)60)9-6-14-43-36(41)42/h3-5,7-8,18,20-24,29H,6,9-17,40H2,1-2H3,(H2,37,50)(H2,38,51)(H2,39,52)(H,44,54)(H,45,53)(H,46,57)(H,47,58)(H,48,56)(H,49,55)(H,59,60)(H4,41,42,43). The van der Waals surface area contributed by atoms with E-state index in [1.807, 2.05) is 0 Å². The summed E-state index contributed by atoms with van der Waals surface area (Å²) in [6, 6.07) is -0.304. The van der Waals surface area contributed by atoms with E-state index in [0.717, 1.165) is 0 Å². The highest BCUT2D eigenvalue weighted by atomic mass is 16.4. The monoisotopic (exact) mass is 847 g/mol. The predicted octanol–water partition coefficient (Wildman–Crippen LogP) is -5.70. The van der Waals surface area contributed by atoms with Gasteiger partial charge < -0.3 is 71.4 Å². The number of hydrogen-bond donors (Lipinski definition) is 13. The quantitative estimate of drug-likeness (QED) is 0.0212. The Balaban J connectivity index is 3.31. The number of carbonyl (C=O) groups excluding carboxylic acids is 9. The molecule has 0 fully saturated rings. The van der Waals surface area contributed by atoms with Crippen LogP contribution in [0.5, 0.6) is 0 Å². The molecule has 60 heavy (non-hydrogen) atoms. The average Bonchev–Trinajstić information content (AvgIpc) is 3.16. The zero-order valence-corrected chi connectivity index (χ0v) is 33.4. The second kappa shape index (κ2) is 26.2. The lowest BCUT2D eigenvalue weighted by atomic mass is 10.0. The van der Waals surface area contributed by atoms with Crippen molar-refractivity contribution in [2.45, 2.75) is 101 Å². The third kappa shape index (κ3) is 20.5. The third-order valence-corrected chi connectivity index (χ3v) is 8.60. The Morgan fingerprint density at radius 1 is 0.617 bits per heavy atom. The molecule has 0 aliphatic carbocycles. The minimum Gasteiger partial charge on any atom is -0.480 e. The molecule has 0 bridgehead atoms. The molecular formula is C36H57N13O11. The fraction of sp³-hybridized carbons (Fsp3) is 0.528. The highest BCUT2D eigenvalue weighted by molar-refractivity contribution is 5.98. The summed E-state index contributed by atoms with van der Waals surface area (Å²) in [6.07, 6.45) is -2.33. The van der Waals surface area contributed by atoms with Crippen LogP contribution >= 0.6 is 0 Å². The van der Waals surface area contributed by atoms with Gasteiger partial charge in [0.2, 0.25) is 53.2 Å². The Kier molecular flexibility index (Phi) is 22.4. The zero-order valence-electron chi connectivity index (χ0n) is 33.4. The topological polar surface area (TPSA) is 432 Å². The minimum absolute atomic E-state index is 0.0695. The molecule has 24 heteroatoms. The number of primary amides is 3. The molecule has 0 aliphatic rings. The Bertz CT molecular complexity index is 1720. The lowest BCUT2D eigenvalue weighted by Gasteiger charge is -2.27. The Morgan fingerprint density at radius 3 is 1.60 bits per heavy atom. The molecule has 9 amide bonds. The number of carboxylic acids is 1. The van der Waals surface area contributed by atoms with Crippen LogP contribution in [0.4, 0.5) is 0 Å². The summed E-state index contributed by atoms with van der Waals surface area (Å²) in [5, 5.41) is 23.5. The average molecular weight is 848 g/mol. The highest BCUT2D eigenvalue weighted by Crippen LogP contribution is 2.09. The summed E-state index contributed by atoms with van der Waals surface area (Å²) >= 11 is 0. The van der Waals surface area contributed by atoms with Crippen molar-refractivity contribution in [3.8, 4) is 0 Å². The first-order chi connectivity index (χ1) is 28.1. The number of guanidine groups is 1. The maximum Gasteiger partial charge on any atom is 0.326 e. The first-order valence-corrected chi connectivity index (χ1v) is 18.8. The molecule has 6 unspecified atom stereocenters. The maximum atomic E-state index is 13.9.